The van der Waals surface area contributed by atoms with Crippen LogP contribution in [-0.2, 0) is 4.79 Å². The van der Waals surface area contributed by atoms with Crippen LogP contribution < -0.4 is 15.4 Å². The van der Waals surface area contributed by atoms with E-state index in [0.717, 1.165) is 0 Å². The molecule has 0 bridgehead atoms. The molecule has 0 aromatic heterocycles. The predicted octanol–water partition coefficient (Wildman–Crippen LogP) is 2.04. The molecule has 1 rings (SSSR count). The second-order valence-corrected chi connectivity index (χ2v) is 4.15. The van der Waals surface area contributed by atoms with Crippen LogP contribution in [0.3, 0.4) is 0 Å². The summed E-state index contributed by atoms with van der Waals surface area (Å²) in [5.74, 6) is 0.0742. The van der Waals surface area contributed by atoms with E-state index in [1.807, 2.05) is 19.9 Å². The maximum atomic E-state index is 11.9. The summed E-state index contributed by atoms with van der Waals surface area (Å²) in [5.41, 5.74) is 0.542. The fourth-order valence-electron chi connectivity index (χ4n) is 1.34. The SMILES string of the molecule is COc1ccccc1NC(=O)/C(C#N)=C\NC(C)C. The smallest absolute Gasteiger partial charge is 0.267 e. The van der Waals surface area contributed by atoms with Gasteiger partial charge in [-0.2, -0.15) is 5.26 Å². The molecule has 0 atom stereocenters. The highest BCUT2D eigenvalue weighted by Gasteiger charge is 2.11. The standard InChI is InChI=1S/C14H17N3O2/c1-10(2)16-9-11(8-15)14(18)17-12-6-4-5-7-13(12)19-3/h4-7,9-10,16H,1-3H3,(H,17,18)/b11-9-. The lowest BCUT2D eigenvalue weighted by molar-refractivity contribution is -0.112. The summed E-state index contributed by atoms with van der Waals surface area (Å²) in [4.78, 5) is 11.9. The first-order chi connectivity index (χ1) is 9.08. The van der Waals surface area contributed by atoms with Crippen molar-refractivity contribution in [2.75, 3.05) is 12.4 Å². The Morgan fingerprint density at radius 1 is 1.42 bits per heavy atom. The van der Waals surface area contributed by atoms with E-state index in [4.69, 9.17) is 10.00 Å². The Balaban J connectivity index is 2.83. The number of hydrogen-bond donors (Lipinski definition) is 2. The summed E-state index contributed by atoms with van der Waals surface area (Å²) in [5, 5.41) is 14.5. The van der Waals surface area contributed by atoms with Gasteiger partial charge in [0.1, 0.15) is 17.4 Å². The molecule has 5 heteroatoms. The summed E-state index contributed by atoms with van der Waals surface area (Å²) in [7, 11) is 1.52. The highest BCUT2D eigenvalue weighted by molar-refractivity contribution is 6.07. The van der Waals surface area contributed by atoms with E-state index in [-0.39, 0.29) is 11.6 Å². The molecule has 0 heterocycles. The van der Waals surface area contributed by atoms with Crippen molar-refractivity contribution in [3.63, 3.8) is 0 Å². The third kappa shape index (κ3) is 4.36. The van der Waals surface area contributed by atoms with E-state index >= 15 is 0 Å². The van der Waals surface area contributed by atoms with Gasteiger partial charge in [0.15, 0.2) is 0 Å². The van der Waals surface area contributed by atoms with Gasteiger partial charge in [0.25, 0.3) is 5.91 Å². The average molecular weight is 259 g/mol. The van der Waals surface area contributed by atoms with Crippen molar-refractivity contribution in [1.82, 2.24) is 5.32 Å². The van der Waals surface area contributed by atoms with Crippen molar-refractivity contribution >= 4 is 11.6 Å². The Hall–Kier alpha value is -2.48. The van der Waals surface area contributed by atoms with Crippen molar-refractivity contribution in [3.05, 3.63) is 36.0 Å². The van der Waals surface area contributed by atoms with Gasteiger partial charge in [0.2, 0.25) is 0 Å². The van der Waals surface area contributed by atoms with Gasteiger partial charge < -0.3 is 15.4 Å². The summed E-state index contributed by atoms with van der Waals surface area (Å²) in [6, 6.07) is 9.04. The van der Waals surface area contributed by atoms with Crippen molar-refractivity contribution < 1.29 is 9.53 Å². The van der Waals surface area contributed by atoms with E-state index in [0.29, 0.717) is 11.4 Å². The predicted molar refractivity (Wildman–Crippen MR) is 73.6 cm³/mol. The van der Waals surface area contributed by atoms with Crippen LogP contribution in [0.2, 0.25) is 0 Å². The molecule has 0 unspecified atom stereocenters. The normalized spacial score (nSPS) is 10.8. The number of benzene rings is 1. The van der Waals surface area contributed by atoms with Crippen LogP contribution in [0.15, 0.2) is 36.0 Å². The second kappa shape index (κ2) is 7.07. The molecule has 0 aliphatic heterocycles. The molecule has 0 aliphatic rings. The molecule has 0 radical (unpaired) electrons. The Bertz CT molecular complexity index is 516. The molecular weight excluding hydrogens is 242 g/mol. The molecule has 0 saturated carbocycles. The van der Waals surface area contributed by atoms with Gasteiger partial charge in [-0.1, -0.05) is 12.1 Å². The van der Waals surface area contributed by atoms with Crippen LogP contribution in [0.5, 0.6) is 5.75 Å². The van der Waals surface area contributed by atoms with Crippen LogP contribution >= 0.6 is 0 Å². The molecular formula is C14H17N3O2. The monoisotopic (exact) mass is 259 g/mol. The summed E-state index contributed by atoms with van der Waals surface area (Å²) in [6.07, 6.45) is 1.41. The van der Waals surface area contributed by atoms with E-state index in [1.54, 1.807) is 24.3 Å². The Kier molecular flexibility index (Phi) is 5.42. The van der Waals surface area contributed by atoms with Crippen molar-refractivity contribution in [3.8, 4) is 11.8 Å². The fraction of sp³-hybridized carbons (Fsp3) is 0.286. The number of methoxy groups -OCH3 is 1. The molecule has 0 fully saturated rings. The second-order valence-electron chi connectivity index (χ2n) is 4.15. The third-order valence-corrected chi connectivity index (χ3v) is 2.28. The van der Waals surface area contributed by atoms with E-state index in [1.165, 1.54) is 13.3 Å². The molecule has 100 valence electrons. The fourth-order valence-corrected chi connectivity index (χ4v) is 1.34. The van der Waals surface area contributed by atoms with Crippen LogP contribution in [0.1, 0.15) is 13.8 Å². The lowest BCUT2D eigenvalue weighted by atomic mass is 10.2. The Morgan fingerprint density at radius 3 is 2.68 bits per heavy atom. The molecule has 1 aromatic rings. The van der Waals surface area contributed by atoms with Crippen molar-refractivity contribution in [1.29, 1.82) is 5.26 Å². The first-order valence-electron chi connectivity index (χ1n) is 5.89. The Labute approximate surface area is 112 Å². The average Bonchev–Trinajstić information content (AvgIpc) is 2.39. The van der Waals surface area contributed by atoms with Gasteiger partial charge in [-0.25, -0.2) is 0 Å². The molecule has 0 saturated heterocycles. The number of anilines is 1. The zero-order chi connectivity index (χ0) is 14.3. The maximum Gasteiger partial charge on any atom is 0.267 e. The minimum absolute atomic E-state index is 0.0135. The van der Waals surface area contributed by atoms with E-state index in [9.17, 15) is 4.79 Å². The number of rotatable bonds is 5. The number of para-hydroxylation sites is 2. The molecule has 0 aliphatic carbocycles. The van der Waals surface area contributed by atoms with Crippen LogP contribution in [0, 0.1) is 11.3 Å². The number of amides is 1. The highest BCUT2D eigenvalue weighted by atomic mass is 16.5. The molecule has 1 amide bonds. The van der Waals surface area contributed by atoms with E-state index in [2.05, 4.69) is 10.6 Å². The topological polar surface area (TPSA) is 74.1 Å². The van der Waals surface area contributed by atoms with Crippen LogP contribution in [-0.4, -0.2) is 19.1 Å². The first kappa shape index (κ1) is 14.6. The minimum Gasteiger partial charge on any atom is -0.495 e. The number of carbonyl (C=O) groups is 1. The molecule has 0 spiro atoms. The van der Waals surface area contributed by atoms with E-state index < -0.39 is 5.91 Å². The van der Waals surface area contributed by atoms with Crippen molar-refractivity contribution in [2.45, 2.75) is 19.9 Å². The maximum absolute atomic E-state index is 11.9. The zero-order valence-electron chi connectivity index (χ0n) is 11.2. The number of hydrogen-bond acceptors (Lipinski definition) is 4. The van der Waals surface area contributed by atoms with Gasteiger partial charge in [-0.3, -0.25) is 4.79 Å². The molecule has 19 heavy (non-hydrogen) atoms. The van der Waals surface area contributed by atoms with Crippen molar-refractivity contribution in [2.24, 2.45) is 0 Å². The molecule has 1 aromatic carbocycles. The lowest BCUT2D eigenvalue weighted by Crippen LogP contribution is -2.20. The molecule has 2 N–H and O–H groups in total. The number of ether oxygens (including phenoxy) is 1. The van der Waals surface area contributed by atoms with Gasteiger partial charge in [0, 0.05) is 12.2 Å². The third-order valence-electron chi connectivity index (χ3n) is 2.28. The number of carbonyl (C=O) groups excluding carboxylic acids is 1. The summed E-state index contributed by atoms with van der Waals surface area (Å²) < 4.78 is 5.13. The van der Waals surface area contributed by atoms with Gasteiger partial charge >= 0.3 is 0 Å². The summed E-state index contributed by atoms with van der Waals surface area (Å²) >= 11 is 0. The molecule has 5 nitrogen and oxygen atoms in total. The van der Waals surface area contributed by atoms with Crippen LogP contribution in [0.4, 0.5) is 5.69 Å². The zero-order valence-corrected chi connectivity index (χ0v) is 11.2. The first-order valence-corrected chi connectivity index (χ1v) is 5.89. The Morgan fingerprint density at radius 2 is 2.11 bits per heavy atom. The summed E-state index contributed by atoms with van der Waals surface area (Å²) in [6.45, 7) is 3.84. The van der Waals surface area contributed by atoms with Gasteiger partial charge in [0.05, 0.1) is 12.8 Å². The number of nitriles is 1. The number of nitrogens with one attached hydrogen (secondary N) is 2. The van der Waals surface area contributed by atoms with Gasteiger partial charge in [-0.15, -0.1) is 0 Å². The largest absolute Gasteiger partial charge is 0.495 e. The minimum atomic E-state index is -0.472. The number of nitrogens with zero attached hydrogens (tertiary/aromatic N) is 1. The van der Waals surface area contributed by atoms with Gasteiger partial charge in [-0.05, 0) is 26.0 Å². The quantitative estimate of drug-likeness (QED) is 0.627. The highest BCUT2D eigenvalue weighted by Crippen LogP contribution is 2.23. The lowest BCUT2D eigenvalue weighted by Gasteiger charge is -2.10. The van der Waals surface area contributed by atoms with Crippen LogP contribution in [0.25, 0.3) is 0 Å².